The van der Waals surface area contributed by atoms with Crippen LogP contribution in [0, 0.1) is 0 Å². The largest absolute Gasteiger partial charge is 0.451 e. The van der Waals surface area contributed by atoms with E-state index < -0.39 is 5.97 Å². The fraction of sp³-hybridized carbons (Fsp3) is 0.214. The maximum atomic E-state index is 11.8. The number of carbonyl (C=O) groups is 2. The third kappa shape index (κ3) is 3.59. The molecule has 110 valence electrons. The highest BCUT2D eigenvalue weighted by atomic mass is 16.5. The fourth-order valence-corrected chi connectivity index (χ4v) is 1.72. The third-order valence-corrected chi connectivity index (χ3v) is 2.69. The monoisotopic (exact) mass is 288 g/mol. The van der Waals surface area contributed by atoms with Gasteiger partial charge in [0.15, 0.2) is 12.3 Å². The number of rotatable bonds is 5. The zero-order valence-corrected chi connectivity index (χ0v) is 11.6. The summed E-state index contributed by atoms with van der Waals surface area (Å²) in [5.41, 5.74) is 7.16. The molecule has 1 aromatic heterocycles. The van der Waals surface area contributed by atoms with E-state index in [1.165, 1.54) is 10.7 Å². The average Bonchev–Trinajstić information content (AvgIpc) is 2.95. The number of hydrogen-bond acceptors (Lipinski definition) is 5. The lowest BCUT2D eigenvalue weighted by Gasteiger charge is -2.05. The molecule has 3 N–H and O–H groups in total. The summed E-state index contributed by atoms with van der Waals surface area (Å²) in [7, 11) is 0. The van der Waals surface area contributed by atoms with Crippen LogP contribution in [0.2, 0.25) is 0 Å². The zero-order chi connectivity index (χ0) is 15.2. The number of ether oxygens (including phenoxy) is 1. The molecule has 2 rings (SSSR count). The van der Waals surface area contributed by atoms with E-state index in [4.69, 9.17) is 10.5 Å². The summed E-state index contributed by atoms with van der Waals surface area (Å²) in [5.74, 6) is -1.01. The lowest BCUT2D eigenvalue weighted by atomic mass is 10.3. The van der Waals surface area contributed by atoms with Crippen molar-refractivity contribution in [2.45, 2.75) is 6.92 Å². The van der Waals surface area contributed by atoms with Crippen LogP contribution < -0.4 is 11.1 Å². The Morgan fingerprint density at radius 3 is 2.81 bits per heavy atom. The molecule has 7 heteroatoms. The number of nitrogens with one attached hydrogen (secondary N) is 1. The summed E-state index contributed by atoms with van der Waals surface area (Å²) in [6.07, 6.45) is 1.61. The van der Waals surface area contributed by atoms with E-state index in [2.05, 4.69) is 10.4 Å². The van der Waals surface area contributed by atoms with Crippen LogP contribution in [0.3, 0.4) is 0 Å². The summed E-state index contributed by atoms with van der Waals surface area (Å²) < 4.78 is 6.35. The molecule has 0 unspecified atom stereocenters. The maximum absolute atomic E-state index is 11.8. The first-order chi connectivity index (χ1) is 10.1. The zero-order valence-electron chi connectivity index (χ0n) is 11.6. The van der Waals surface area contributed by atoms with Crippen LogP contribution in [0.15, 0.2) is 36.5 Å². The van der Waals surface area contributed by atoms with E-state index in [0.717, 1.165) is 0 Å². The predicted molar refractivity (Wildman–Crippen MR) is 76.9 cm³/mol. The second-order valence-electron chi connectivity index (χ2n) is 4.23. The predicted octanol–water partition coefficient (Wildman–Crippen LogP) is 0.747. The average molecular weight is 288 g/mol. The van der Waals surface area contributed by atoms with Gasteiger partial charge in [0.25, 0.3) is 5.91 Å². The van der Waals surface area contributed by atoms with Crippen LogP contribution in [0.4, 0.5) is 5.69 Å². The number of nitrogen functional groups attached to an aromatic ring is 1. The number of aromatic nitrogens is 2. The van der Waals surface area contributed by atoms with Crippen molar-refractivity contribution in [1.82, 2.24) is 15.1 Å². The van der Waals surface area contributed by atoms with Crippen LogP contribution in [-0.2, 0) is 9.53 Å². The molecular formula is C14H16N4O3. The van der Waals surface area contributed by atoms with Gasteiger partial charge in [0.1, 0.15) is 0 Å². The highest BCUT2D eigenvalue weighted by Crippen LogP contribution is 2.15. The van der Waals surface area contributed by atoms with Gasteiger partial charge < -0.3 is 15.8 Å². The Labute approximate surface area is 121 Å². The maximum Gasteiger partial charge on any atom is 0.359 e. The topological polar surface area (TPSA) is 99.2 Å². The smallest absolute Gasteiger partial charge is 0.359 e. The number of nitrogens with two attached hydrogens (primary N) is 1. The van der Waals surface area contributed by atoms with Crippen molar-refractivity contribution in [2.24, 2.45) is 0 Å². The van der Waals surface area contributed by atoms with Gasteiger partial charge in [-0.15, -0.1) is 0 Å². The molecule has 0 bridgehead atoms. The molecule has 1 aromatic carbocycles. The normalized spacial score (nSPS) is 10.1. The summed E-state index contributed by atoms with van der Waals surface area (Å²) in [6.45, 7) is 1.94. The molecule has 0 saturated heterocycles. The van der Waals surface area contributed by atoms with Gasteiger partial charge in [-0.05, 0) is 25.1 Å². The van der Waals surface area contributed by atoms with Crippen molar-refractivity contribution in [1.29, 1.82) is 0 Å². The molecule has 0 aliphatic rings. The van der Waals surface area contributed by atoms with E-state index in [1.54, 1.807) is 25.3 Å². The number of carbonyl (C=O) groups excluding carboxylic acids is 2. The number of esters is 1. The van der Waals surface area contributed by atoms with Gasteiger partial charge in [0.05, 0.1) is 11.4 Å². The fourth-order valence-electron chi connectivity index (χ4n) is 1.72. The summed E-state index contributed by atoms with van der Waals surface area (Å²) in [6, 6.07) is 8.66. The number of hydrogen-bond donors (Lipinski definition) is 2. The minimum absolute atomic E-state index is 0.113. The van der Waals surface area contributed by atoms with Gasteiger partial charge in [0, 0.05) is 12.7 Å². The number of benzene rings is 1. The Kier molecular flexibility index (Phi) is 4.55. The second-order valence-corrected chi connectivity index (χ2v) is 4.23. The Balaban J connectivity index is 2.05. The molecule has 21 heavy (non-hydrogen) atoms. The van der Waals surface area contributed by atoms with Crippen LogP contribution in [0.5, 0.6) is 0 Å². The summed E-state index contributed by atoms with van der Waals surface area (Å²) in [4.78, 5) is 23.0. The molecule has 0 radical (unpaired) electrons. The number of anilines is 1. The van der Waals surface area contributed by atoms with Gasteiger partial charge in [0.2, 0.25) is 0 Å². The number of para-hydroxylation sites is 2. The molecule has 0 spiro atoms. The molecule has 0 saturated carbocycles. The Hall–Kier alpha value is -2.83. The molecule has 0 atom stereocenters. The van der Waals surface area contributed by atoms with Gasteiger partial charge >= 0.3 is 5.97 Å². The minimum Gasteiger partial charge on any atom is -0.451 e. The first kappa shape index (κ1) is 14.6. The highest BCUT2D eigenvalue weighted by Gasteiger charge is 2.14. The molecule has 0 aliphatic carbocycles. The Morgan fingerprint density at radius 2 is 2.10 bits per heavy atom. The van der Waals surface area contributed by atoms with E-state index in [0.29, 0.717) is 17.9 Å². The van der Waals surface area contributed by atoms with E-state index in [1.807, 2.05) is 12.1 Å². The van der Waals surface area contributed by atoms with Crippen LogP contribution in [0.1, 0.15) is 17.4 Å². The molecule has 0 fully saturated rings. The van der Waals surface area contributed by atoms with Crippen LogP contribution in [0.25, 0.3) is 5.69 Å². The van der Waals surface area contributed by atoms with E-state index in [9.17, 15) is 9.59 Å². The Morgan fingerprint density at radius 1 is 1.33 bits per heavy atom. The first-order valence-electron chi connectivity index (χ1n) is 6.46. The molecule has 1 heterocycles. The quantitative estimate of drug-likeness (QED) is 0.624. The van der Waals surface area contributed by atoms with Gasteiger partial charge in [-0.25, -0.2) is 9.48 Å². The van der Waals surface area contributed by atoms with Crippen LogP contribution >= 0.6 is 0 Å². The lowest BCUT2D eigenvalue weighted by Crippen LogP contribution is -2.28. The van der Waals surface area contributed by atoms with Crippen LogP contribution in [-0.4, -0.2) is 34.8 Å². The summed E-state index contributed by atoms with van der Waals surface area (Å²) in [5, 5.41) is 6.63. The van der Waals surface area contributed by atoms with Gasteiger partial charge in [-0.3, -0.25) is 4.79 Å². The number of amides is 1. The molecule has 2 aromatic rings. The third-order valence-electron chi connectivity index (χ3n) is 2.69. The lowest BCUT2D eigenvalue weighted by molar-refractivity contribution is -0.124. The SMILES string of the molecule is CCNC(=O)COC(=O)c1ccn(-c2ccccc2N)n1. The van der Waals surface area contributed by atoms with Crippen molar-refractivity contribution in [2.75, 3.05) is 18.9 Å². The minimum atomic E-state index is -0.658. The second kappa shape index (κ2) is 6.56. The highest BCUT2D eigenvalue weighted by molar-refractivity contribution is 5.89. The number of likely N-dealkylation sites (N-methyl/N-ethyl adjacent to an activating group) is 1. The van der Waals surface area contributed by atoms with Crippen molar-refractivity contribution in [3.63, 3.8) is 0 Å². The molecule has 7 nitrogen and oxygen atoms in total. The van der Waals surface area contributed by atoms with Gasteiger partial charge in [-0.1, -0.05) is 12.1 Å². The molecule has 1 amide bonds. The van der Waals surface area contributed by atoms with Crippen molar-refractivity contribution in [3.05, 3.63) is 42.2 Å². The molecule has 0 aliphatic heterocycles. The van der Waals surface area contributed by atoms with Gasteiger partial charge in [-0.2, -0.15) is 5.10 Å². The van der Waals surface area contributed by atoms with Crippen molar-refractivity contribution in [3.8, 4) is 5.69 Å². The summed E-state index contributed by atoms with van der Waals surface area (Å²) >= 11 is 0. The first-order valence-corrected chi connectivity index (χ1v) is 6.46. The number of nitrogens with zero attached hydrogens (tertiary/aromatic N) is 2. The van der Waals surface area contributed by atoms with Crippen molar-refractivity contribution < 1.29 is 14.3 Å². The van der Waals surface area contributed by atoms with Crippen molar-refractivity contribution >= 4 is 17.6 Å². The molecular weight excluding hydrogens is 272 g/mol. The standard InChI is InChI=1S/C14H16N4O3/c1-2-16-13(19)9-21-14(20)11-7-8-18(17-11)12-6-4-3-5-10(12)15/h3-8H,2,9,15H2,1H3,(H,16,19). The van der Waals surface area contributed by atoms with E-state index in [-0.39, 0.29) is 18.2 Å². The van der Waals surface area contributed by atoms with E-state index >= 15 is 0 Å². The Bertz CT molecular complexity index is 651.